The van der Waals surface area contributed by atoms with E-state index in [1.54, 1.807) is 36.4 Å². The SMILES string of the molecule is NC(c1ccc(Cl)c(Cl)c1)C(N)c1ccc(Cl)c(Cl)c1. The zero-order valence-corrected chi connectivity index (χ0v) is 13.3. The van der Waals surface area contributed by atoms with E-state index in [9.17, 15) is 0 Å². The molecule has 0 saturated carbocycles. The first-order valence-electron chi connectivity index (χ1n) is 5.81. The molecule has 2 rings (SSSR count). The fourth-order valence-electron chi connectivity index (χ4n) is 1.85. The van der Waals surface area contributed by atoms with Gasteiger partial charge < -0.3 is 11.5 Å². The number of hydrogen-bond acceptors (Lipinski definition) is 2. The molecule has 2 unspecified atom stereocenters. The molecule has 0 aliphatic carbocycles. The average molecular weight is 350 g/mol. The zero-order valence-electron chi connectivity index (χ0n) is 10.3. The Bertz CT molecular complexity index is 575. The molecule has 0 heterocycles. The van der Waals surface area contributed by atoms with Crippen LogP contribution in [0.15, 0.2) is 36.4 Å². The van der Waals surface area contributed by atoms with Gasteiger partial charge in [0, 0.05) is 12.1 Å². The largest absolute Gasteiger partial charge is 0.322 e. The van der Waals surface area contributed by atoms with Crippen molar-refractivity contribution >= 4 is 46.4 Å². The summed E-state index contributed by atoms with van der Waals surface area (Å²) in [4.78, 5) is 0. The second-order valence-corrected chi connectivity index (χ2v) is 6.03. The van der Waals surface area contributed by atoms with Crippen LogP contribution in [0.4, 0.5) is 0 Å². The molecule has 4 N–H and O–H groups in total. The Morgan fingerprint density at radius 2 is 0.950 bits per heavy atom. The van der Waals surface area contributed by atoms with Gasteiger partial charge in [0.25, 0.3) is 0 Å². The van der Waals surface area contributed by atoms with Gasteiger partial charge in [0.2, 0.25) is 0 Å². The molecule has 2 nitrogen and oxygen atoms in total. The molecule has 0 spiro atoms. The molecule has 0 fully saturated rings. The number of benzene rings is 2. The smallest absolute Gasteiger partial charge is 0.0595 e. The second-order valence-electron chi connectivity index (χ2n) is 4.40. The van der Waals surface area contributed by atoms with Crippen LogP contribution < -0.4 is 11.5 Å². The van der Waals surface area contributed by atoms with Gasteiger partial charge in [0.15, 0.2) is 0 Å². The highest BCUT2D eigenvalue weighted by molar-refractivity contribution is 6.42. The lowest BCUT2D eigenvalue weighted by Crippen LogP contribution is -2.26. The summed E-state index contributed by atoms with van der Waals surface area (Å²) in [6, 6.07) is 9.56. The molecule has 2 aromatic carbocycles. The molecule has 20 heavy (non-hydrogen) atoms. The minimum Gasteiger partial charge on any atom is -0.322 e. The van der Waals surface area contributed by atoms with Crippen molar-refractivity contribution in [1.82, 2.24) is 0 Å². The van der Waals surface area contributed by atoms with E-state index >= 15 is 0 Å². The molecule has 0 saturated heterocycles. The van der Waals surface area contributed by atoms with Crippen LogP contribution in [0.1, 0.15) is 23.2 Å². The Morgan fingerprint density at radius 1 is 0.600 bits per heavy atom. The van der Waals surface area contributed by atoms with Crippen molar-refractivity contribution in [2.24, 2.45) is 11.5 Å². The molecule has 0 radical (unpaired) electrons. The molecule has 0 aromatic heterocycles. The first-order chi connectivity index (χ1) is 9.40. The highest BCUT2D eigenvalue weighted by atomic mass is 35.5. The van der Waals surface area contributed by atoms with Gasteiger partial charge in [-0.05, 0) is 35.4 Å². The van der Waals surface area contributed by atoms with Gasteiger partial charge in [-0.2, -0.15) is 0 Å². The molecule has 6 heteroatoms. The van der Waals surface area contributed by atoms with Crippen LogP contribution in [0, 0.1) is 0 Å². The van der Waals surface area contributed by atoms with Gasteiger partial charge in [-0.1, -0.05) is 58.5 Å². The van der Waals surface area contributed by atoms with Gasteiger partial charge in [0.1, 0.15) is 0 Å². The predicted octanol–water partition coefficient (Wildman–Crippen LogP) is 5.00. The van der Waals surface area contributed by atoms with Crippen LogP contribution in [-0.2, 0) is 0 Å². The highest BCUT2D eigenvalue weighted by Gasteiger charge is 2.19. The Kier molecular flexibility index (Phi) is 5.19. The van der Waals surface area contributed by atoms with Crippen LogP contribution in [0.3, 0.4) is 0 Å². The molecule has 0 aliphatic rings. The quantitative estimate of drug-likeness (QED) is 0.819. The zero-order chi connectivity index (χ0) is 14.9. The van der Waals surface area contributed by atoms with E-state index < -0.39 is 12.1 Å². The fourth-order valence-corrected chi connectivity index (χ4v) is 2.47. The van der Waals surface area contributed by atoms with Crippen LogP contribution in [0.5, 0.6) is 0 Å². The maximum Gasteiger partial charge on any atom is 0.0595 e. The number of nitrogens with two attached hydrogens (primary N) is 2. The molecule has 2 atom stereocenters. The van der Waals surface area contributed by atoms with E-state index in [1.165, 1.54) is 0 Å². The monoisotopic (exact) mass is 348 g/mol. The predicted molar refractivity (Wildman–Crippen MR) is 86.8 cm³/mol. The minimum atomic E-state index is -0.429. The Hall–Kier alpha value is -0.480. The van der Waals surface area contributed by atoms with Crippen molar-refractivity contribution in [2.45, 2.75) is 12.1 Å². The topological polar surface area (TPSA) is 52.0 Å². The molecule has 0 aliphatic heterocycles. The Labute approximate surface area is 137 Å². The molecule has 0 amide bonds. The molecule has 106 valence electrons. The summed E-state index contributed by atoms with van der Waals surface area (Å²) in [5, 5.41) is 1.85. The molecule has 2 aromatic rings. The van der Waals surface area contributed by atoms with Crippen molar-refractivity contribution in [2.75, 3.05) is 0 Å². The van der Waals surface area contributed by atoms with Crippen molar-refractivity contribution in [3.63, 3.8) is 0 Å². The van der Waals surface area contributed by atoms with E-state index in [0.29, 0.717) is 20.1 Å². The molecular formula is C14H12Cl4N2. The van der Waals surface area contributed by atoms with Crippen molar-refractivity contribution in [1.29, 1.82) is 0 Å². The average Bonchev–Trinajstić information content (AvgIpc) is 2.43. The lowest BCUT2D eigenvalue weighted by Gasteiger charge is -2.21. The van der Waals surface area contributed by atoms with Crippen molar-refractivity contribution in [3.05, 3.63) is 67.6 Å². The number of rotatable bonds is 3. The summed E-state index contributed by atoms with van der Waals surface area (Å²) in [7, 11) is 0. The summed E-state index contributed by atoms with van der Waals surface area (Å²) >= 11 is 23.7. The highest BCUT2D eigenvalue weighted by Crippen LogP contribution is 2.32. The van der Waals surface area contributed by atoms with E-state index in [-0.39, 0.29) is 0 Å². The third kappa shape index (κ3) is 3.40. The summed E-state index contributed by atoms with van der Waals surface area (Å²) in [6.07, 6.45) is 0. The van der Waals surface area contributed by atoms with Crippen LogP contribution in [0.25, 0.3) is 0 Å². The number of hydrogen-bond donors (Lipinski definition) is 2. The lowest BCUT2D eigenvalue weighted by molar-refractivity contribution is 0.574. The third-order valence-electron chi connectivity index (χ3n) is 3.04. The van der Waals surface area contributed by atoms with E-state index in [0.717, 1.165) is 11.1 Å². The standard InChI is InChI=1S/C14H12Cl4N2/c15-9-3-1-7(5-11(9)17)13(19)14(20)8-2-4-10(16)12(18)6-8/h1-6,13-14H,19-20H2. The summed E-state index contributed by atoms with van der Waals surface area (Å²) in [6.45, 7) is 0. The van der Waals surface area contributed by atoms with Crippen molar-refractivity contribution < 1.29 is 0 Å². The van der Waals surface area contributed by atoms with Gasteiger partial charge in [-0.25, -0.2) is 0 Å². The van der Waals surface area contributed by atoms with Gasteiger partial charge in [0.05, 0.1) is 20.1 Å². The van der Waals surface area contributed by atoms with Gasteiger partial charge in [-0.3, -0.25) is 0 Å². The van der Waals surface area contributed by atoms with Crippen LogP contribution in [-0.4, -0.2) is 0 Å². The second kappa shape index (κ2) is 6.52. The maximum atomic E-state index is 6.17. The lowest BCUT2D eigenvalue weighted by atomic mass is 9.95. The van der Waals surface area contributed by atoms with Gasteiger partial charge in [-0.15, -0.1) is 0 Å². The summed E-state index contributed by atoms with van der Waals surface area (Å²) < 4.78 is 0. The van der Waals surface area contributed by atoms with Crippen LogP contribution >= 0.6 is 46.4 Å². The first kappa shape index (κ1) is 15.9. The van der Waals surface area contributed by atoms with Crippen molar-refractivity contribution in [3.8, 4) is 0 Å². The third-order valence-corrected chi connectivity index (χ3v) is 4.52. The fraction of sp³-hybridized carbons (Fsp3) is 0.143. The number of halogens is 4. The normalized spacial score (nSPS) is 14.1. The van der Waals surface area contributed by atoms with Gasteiger partial charge >= 0.3 is 0 Å². The Balaban J connectivity index is 2.29. The first-order valence-corrected chi connectivity index (χ1v) is 7.32. The summed E-state index contributed by atoms with van der Waals surface area (Å²) in [5.74, 6) is 0. The minimum absolute atomic E-state index is 0.429. The van der Waals surface area contributed by atoms with E-state index in [4.69, 9.17) is 57.9 Å². The Morgan fingerprint density at radius 3 is 1.25 bits per heavy atom. The van der Waals surface area contributed by atoms with Crippen LogP contribution in [0.2, 0.25) is 20.1 Å². The van der Waals surface area contributed by atoms with E-state index in [1.807, 2.05) is 0 Å². The molecular weight excluding hydrogens is 338 g/mol. The molecule has 0 bridgehead atoms. The maximum absolute atomic E-state index is 6.17. The summed E-state index contributed by atoms with van der Waals surface area (Å²) in [5.41, 5.74) is 14.0. The van der Waals surface area contributed by atoms with E-state index in [2.05, 4.69) is 0 Å².